The average molecular weight is 373 g/mol. The third-order valence-electron chi connectivity index (χ3n) is 3.72. The van der Waals surface area contributed by atoms with Gasteiger partial charge >= 0.3 is 5.97 Å². The molecule has 0 unspecified atom stereocenters. The number of hydrogen-bond donors (Lipinski definition) is 1. The lowest BCUT2D eigenvalue weighted by molar-refractivity contribution is -0.137. The molecule has 0 saturated carbocycles. The highest BCUT2D eigenvalue weighted by atomic mass is 16.5. The largest absolute Gasteiger partial charge is 0.508 e. The maximum absolute atomic E-state index is 11.1. The van der Waals surface area contributed by atoms with E-state index in [1.807, 2.05) is 18.2 Å². The van der Waals surface area contributed by atoms with Crippen molar-refractivity contribution in [2.24, 2.45) is 0 Å². The third kappa shape index (κ3) is 19.9. The van der Waals surface area contributed by atoms with E-state index in [0.717, 1.165) is 6.42 Å². The van der Waals surface area contributed by atoms with Gasteiger partial charge in [-0.1, -0.05) is 94.1 Å². The van der Waals surface area contributed by atoms with E-state index >= 15 is 0 Å². The van der Waals surface area contributed by atoms with Crippen molar-refractivity contribution >= 4 is 5.97 Å². The quantitative estimate of drug-likeness (QED) is 0.112. The standard InChI is InChI=1S/C24H36O3/c1-3-5-6-7-8-9-10-11-12-13-14-15-17-20-23(25)21-18-16-19-22-24(26)27-4-2/h12-22,25H,3-11H2,1-2H3. The Morgan fingerprint density at radius 2 is 1.41 bits per heavy atom. The lowest BCUT2D eigenvalue weighted by Crippen LogP contribution is -1.98. The molecule has 0 atom stereocenters. The Bertz CT molecular complexity index is 534. The highest BCUT2D eigenvalue weighted by molar-refractivity contribution is 5.82. The number of aliphatic hydroxyl groups excluding tert-OH is 1. The van der Waals surface area contributed by atoms with Crippen LogP contribution in [-0.2, 0) is 9.53 Å². The van der Waals surface area contributed by atoms with Gasteiger partial charge in [0.2, 0.25) is 0 Å². The van der Waals surface area contributed by atoms with Crippen LogP contribution in [0.2, 0.25) is 0 Å². The predicted octanol–water partition coefficient (Wildman–Crippen LogP) is 6.91. The van der Waals surface area contributed by atoms with E-state index in [-0.39, 0.29) is 11.7 Å². The predicted molar refractivity (Wildman–Crippen MR) is 116 cm³/mol. The summed E-state index contributed by atoms with van der Waals surface area (Å²) in [5.41, 5.74) is 0. The number of allylic oxidation sites excluding steroid dienone is 10. The third-order valence-corrected chi connectivity index (χ3v) is 3.72. The van der Waals surface area contributed by atoms with Crippen LogP contribution in [0.25, 0.3) is 0 Å². The lowest BCUT2D eigenvalue weighted by atomic mass is 10.1. The summed E-state index contributed by atoms with van der Waals surface area (Å²) in [6, 6.07) is 0. The van der Waals surface area contributed by atoms with Crippen molar-refractivity contribution < 1.29 is 14.6 Å². The molecule has 0 aromatic heterocycles. The molecule has 27 heavy (non-hydrogen) atoms. The zero-order valence-corrected chi connectivity index (χ0v) is 17.0. The van der Waals surface area contributed by atoms with Gasteiger partial charge in [0.05, 0.1) is 6.61 Å². The second kappa shape index (κ2) is 20.0. The van der Waals surface area contributed by atoms with Crippen LogP contribution in [0.4, 0.5) is 0 Å². The van der Waals surface area contributed by atoms with Crippen LogP contribution in [0.1, 0.15) is 65.2 Å². The molecule has 0 aromatic rings. The van der Waals surface area contributed by atoms with Gasteiger partial charge in [-0.3, -0.25) is 0 Å². The summed E-state index contributed by atoms with van der Waals surface area (Å²) in [5.74, 6) is -0.229. The Morgan fingerprint density at radius 1 is 0.778 bits per heavy atom. The van der Waals surface area contributed by atoms with Gasteiger partial charge in [0, 0.05) is 6.08 Å². The van der Waals surface area contributed by atoms with Crippen molar-refractivity contribution in [1.82, 2.24) is 0 Å². The van der Waals surface area contributed by atoms with Gasteiger partial charge in [0.1, 0.15) is 5.76 Å². The fourth-order valence-electron chi connectivity index (χ4n) is 2.27. The lowest BCUT2D eigenvalue weighted by Gasteiger charge is -1.98. The molecule has 0 aliphatic rings. The van der Waals surface area contributed by atoms with Gasteiger partial charge in [-0.2, -0.15) is 0 Å². The smallest absolute Gasteiger partial charge is 0.330 e. The first-order chi connectivity index (χ1) is 13.2. The van der Waals surface area contributed by atoms with Crippen molar-refractivity contribution in [2.75, 3.05) is 6.61 Å². The summed E-state index contributed by atoms with van der Waals surface area (Å²) < 4.78 is 4.75. The number of esters is 1. The Kier molecular flexibility index (Phi) is 18.3. The Balaban J connectivity index is 3.84. The molecular weight excluding hydrogens is 336 g/mol. The zero-order chi connectivity index (χ0) is 20.0. The normalized spacial score (nSPS) is 13.2. The Hall–Kier alpha value is -2.29. The van der Waals surface area contributed by atoms with E-state index in [4.69, 9.17) is 4.74 Å². The second-order valence-corrected chi connectivity index (χ2v) is 6.17. The summed E-state index contributed by atoms with van der Waals surface area (Å²) in [7, 11) is 0. The van der Waals surface area contributed by atoms with Gasteiger partial charge in [0.15, 0.2) is 0 Å². The van der Waals surface area contributed by atoms with Crippen LogP contribution in [0.5, 0.6) is 0 Å². The van der Waals surface area contributed by atoms with E-state index in [9.17, 15) is 9.90 Å². The fourth-order valence-corrected chi connectivity index (χ4v) is 2.27. The molecule has 3 heteroatoms. The van der Waals surface area contributed by atoms with Crippen LogP contribution in [0.15, 0.2) is 72.6 Å². The topological polar surface area (TPSA) is 46.5 Å². The number of hydrogen-bond acceptors (Lipinski definition) is 3. The number of rotatable bonds is 15. The molecule has 0 rings (SSSR count). The van der Waals surface area contributed by atoms with Gasteiger partial charge < -0.3 is 9.84 Å². The SMILES string of the molecule is CCCCCCCCCC=CC=CC=CC(O)=CC=CC=CC(=O)OCC. The highest BCUT2D eigenvalue weighted by Crippen LogP contribution is 2.08. The molecule has 0 aliphatic heterocycles. The molecule has 0 saturated heterocycles. The maximum atomic E-state index is 11.1. The molecule has 0 bridgehead atoms. The maximum Gasteiger partial charge on any atom is 0.330 e. The number of unbranched alkanes of at least 4 members (excludes halogenated alkanes) is 7. The molecule has 0 radical (unpaired) electrons. The zero-order valence-electron chi connectivity index (χ0n) is 17.0. The van der Waals surface area contributed by atoms with Crippen molar-refractivity contribution in [1.29, 1.82) is 0 Å². The van der Waals surface area contributed by atoms with Crippen LogP contribution in [-0.4, -0.2) is 17.7 Å². The minimum atomic E-state index is -0.375. The molecule has 0 aliphatic carbocycles. The number of aliphatic hydroxyl groups is 1. The number of carbonyl (C=O) groups is 1. The van der Waals surface area contributed by atoms with E-state index < -0.39 is 0 Å². The van der Waals surface area contributed by atoms with Crippen molar-refractivity contribution in [3.05, 3.63) is 72.6 Å². The minimum Gasteiger partial charge on any atom is -0.508 e. The summed E-state index contributed by atoms with van der Waals surface area (Å²) in [6.07, 6.45) is 29.7. The van der Waals surface area contributed by atoms with Gasteiger partial charge in [-0.05, 0) is 31.9 Å². The molecule has 1 N–H and O–H groups in total. The first kappa shape index (κ1) is 24.7. The average Bonchev–Trinajstić information content (AvgIpc) is 2.65. The molecule has 150 valence electrons. The highest BCUT2D eigenvalue weighted by Gasteiger charge is 1.90. The minimum absolute atomic E-state index is 0.146. The number of ether oxygens (including phenoxy) is 1. The van der Waals surface area contributed by atoms with Crippen LogP contribution < -0.4 is 0 Å². The fraction of sp³-hybridized carbons (Fsp3) is 0.458. The molecule has 0 aromatic carbocycles. The van der Waals surface area contributed by atoms with Crippen molar-refractivity contribution in [3.63, 3.8) is 0 Å². The summed E-state index contributed by atoms with van der Waals surface area (Å²) in [6.45, 7) is 4.37. The van der Waals surface area contributed by atoms with Crippen molar-refractivity contribution in [3.8, 4) is 0 Å². The van der Waals surface area contributed by atoms with Gasteiger partial charge in [0.25, 0.3) is 0 Å². The summed E-state index contributed by atoms with van der Waals surface area (Å²) in [5, 5.41) is 9.67. The molecule has 0 spiro atoms. The Morgan fingerprint density at radius 3 is 2.15 bits per heavy atom. The van der Waals surface area contributed by atoms with Gasteiger partial charge in [-0.25, -0.2) is 4.79 Å². The Labute approximate surface area is 165 Å². The van der Waals surface area contributed by atoms with Crippen LogP contribution in [0, 0.1) is 0 Å². The second-order valence-electron chi connectivity index (χ2n) is 6.17. The van der Waals surface area contributed by atoms with Gasteiger partial charge in [-0.15, -0.1) is 0 Å². The first-order valence-electron chi connectivity index (χ1n) is 10.1. The van der Waals surface area contributed by atoms with E-state index in [0.29, 0.717) is 6.61 Å². The molecule has 0 amide bonds. The van der Waals surface area contributed by atoms with Crippen LogP contribution in [0.3, 0.4) is 0 Å². The summed E-state index contributed by atoms with van der Waals surface area (Å²) >= 11 is 0. The summed E-state index contributed by atoms with van der Waals surface area (Å²) in [4.78, 5) is 11.1. The van der Waals surface area contributed by atoms with E-state index in [2.05, 4.69) is 13.0 Å². The van der Waals surface area contributed by atoms with E-state index in [1.54, 1.807) is 43.4 Å². The first-order valence-corrected chi connectivity index (χ1v) is 10.1. The number of carbonyl (C=O) groups excluding carboxylic acids is 1. The van der Waals surface area contributed by atoms with E-state index in [1.165, 1.54) is 51.0 Å². The van der Waals surface area contributed by atoms with Crippen LogP contribution >= 0.6 is 0 Å². The molecule has 0 heterocycles. The molecular formula is C24H36O3. The monoisotopic (exact) mass is 372 g/mol. The molecule has 3 nitrogen and oxygen atoms in total. The molecule has 0 fully saturated rings. The van der Waals surface area contributed by atoms with Crippen molar-refractivity contribution in [2.45, 2.75) is 65.2 Å².